The van der Waals surface area contributed by atoms with E-state index >= 15 is 0 Å². The van der Waals surface area contributed by atoms with Crippen molar-refractivity contribution in [2.45, 2.75) is 6.18 Å². The summed E-state index contributed by atoms with van der Waals surface area (Å²) in [7, 11) is 0. The fourth-order valence-electron chi connectivity index (χ4n) is 2.36. The highest BCUT2D eigenvalue weighted by atomic mass is 19.4. The monoisotopic (exact) mass is 445 g/mol. The summed E-state index contributed by atoms with van der Waals surface area (Å²) < 4.78 is 97.8. The molecule has 0 unspecified atom stereocenters. The van der Waals surface area contributed by atoms with Crippen LogP contribution < -0.4 is 10.1 Å². The number of hydrogen-bond donors (Lipinski definition) is 1. The number of halogens is 7. The van der Waals surface area contributed by atoms with Crippen LogP contribution in [-0.4, -0.2) is 12.5 Å². The second kappa shape index (κ2) is 9.96. The van der Waals surface area contributed by atoms with Crippen LogP contribution in [0, 0.1) is 23.3 Å². The summed E-state index contributed by atoms with van der Waals surface area (Å²) in [6, 6.07) is 2.38. The minimum Gasteiger partial charge on any atom is -0.457 e. The van der Waals surface area contributed by atoms with E-state index in [4.69, 9.17) is 4.74 Å². The number of hydrogen-bond acceptors (Lipinski definition) is 2. The summed E-state index contributed by atoms with van der Waals surface area (Å²) in [5.41, 5.74) is -2.21. The normalized spacial score (nSPS) is 12.2. The molecule has 0 saturated carbocycles. The van der Waals surface area contributed by atoms with Gasteiger partial charge in [0.2, 0.25) is 0 Å². The van der Waals surface area contributed by atoms with E-state index < -0.39 is 52.2 Å². The van der Waals surface area contributed by atoms with Crippen molar-refractivity contribution in [1.29, 1.82) is 0 Å². The van der Waals surface area contributed by atoms with E-state index in [1.165, 1.54) is 18.2 Å². The Kier molecular flexibility index (Phi) is 7.62. The van der Waals surface area contributed by atoms with E-state index in [0.29, 0.717) is 30.3 Å². The molecular weight excluding hydrogens is 431 g/mol. The molecular formula is C21H14F7NO2. The molecule has 1 N–H and O–H groups in total. The maximum absolute atomic E-state index is 13.6. The highest BCUT2D eigenvalue weighted by Gasteiger charge is 2.34. The van der Waals surface area contributed by atoms with E-state index in [2.05, 4.69) is 11.9 Å². The van der Waals surface area contributed by atoms with E-state index in [1.807, 2.05) is 0 Å². The van der Waals surface area contributed by atoms with E-state index in [-0.39, 0.29) is 12.3 Å². The van der Waals surface area contributed by atoms with Crippen LogP contribution in [0.1, 0.15) is 15.9 Å². The lowest BCUT2D eigenvalue weighted by Gasteiger charge is -2.14. The van der Waals surface area contributed by atoms with Gasteiger partial charge in [-0.25, -0.2) is 17.6 Å². The first kappa shape index (κ1) is 23.7. The van der Waals surface area contributed by atoms with Crippen LogP contribution in [0.5, 0.6) is 5.75 Å². The van der Waals surface area contributed by atoms with Gasteiger partial charge >= 0.3 is 6.18 Å². The summed E-state index contributed by atoms with van der Waals surface area (Å²) >= 11 is 0. The highest BCUT2D eigenvalue weighted by Crippen LogP contribution is 2.37. The van der Waals surface area contributed by atoms with Gasteiger partial charge in [0.1, 0.15) is 40.3 Å². The molecule has 0 saturated heterocycles. The van der Waals surface area contributed by atoms with Crippen molar-refractivity contribution in [2.24, 2.45) is 0 Å². The minimum atomic E-state index is -4.80. The first-order chi connectivity index (χ1) is 14.5. The van der Waals surface area contributed by atoms with Gasteiger partial charge < -0.3 is 10.1 Å². The number of nitrogens with one attached hydrogen (secondary N) is 1. The fourth-order valence-corrected chi connectivity index (χ4v) is 2.36. The van der Waals surface area contributed by atoms with Crippen molar-refractivity contribution in [3.63, 3.8) is 0 Å². The number of carbonyl (C=O) groups excluding carboxylic acids is 1. The van der Waals surface area contributed by atoms with Gasteiger partial charge in [-0.15, -0.1) is 0 Å². The number of rotatable bonds is 7. The van der Waals surface area contributed by atoms with Gasteiger partial charge in [0, 0.05) is 24.7 Å². The predicted molar refractivity (Wildman–Crippen MR) is 98.1 cm³/mol. The zero-order valence-electron chi connectivity index (χ0n) is 15.6. The third kappa shape index (κ3) is 6.46. The molecule has 164 valence electrons. The van der Waals surface area contributed by atoms with Crippen LogP contribution in [0.25, 0.3) is 0 Å². The maximum Gasteiger partial charge on any atom is 0.419 e. The number of amides is 1. The SMILES string of the molecule is C=C/C=C(\C=C/CNC(=O)c1c(F)cc(F)cc1F)Oc1cc(F)ccc1C(F)(F)F. The van der Waals surface area contributed by atoms with Crippen LogP contribution in [0.4, 0.5) is 30.7 Å². The Morgan fingerprint density at radius 1 is 1.03 bits per heavy atom. The van der Waals surface area contributed by atoms with Gasteiger partial charge in [-0.2, -0.15) is 13.2 Å². The summed E-state index contributed by atoms with van der Waals surface area (Å²) in [4.78, 5) is 11.9. The van der Waals surface area contributed by atoms with Crippen LogP contribution in [0.15, 0.2) is 67.0 Å². The summed E-state index contributed by atoms with van der Waals surface area (Å²) in [6.07, 6.45) is -0.121. The Hall–Kier alpha value is -3.56. The molecule has 2 rings (SSSR count). The van der Waals surface area contributed by atoms with Gasteiger partial charge in [0.25, 0.3) is 5.91 Å². The van der Waals surface area contributed by atoms with E-state index in [0.717, 1.165) is 6.08 Å². The fraction of sp³-hybridized carbons (Fsp3) is 0.0952. The molecule has 0 aliphatic heterocycles. The quantitative estimate of drug-likeness (QED) is 0.338. The Balaban J connectivity index is 2.12. The molecule has 0 fully saturated rings. The van der Waals surface area contributed by atoms with Crippen LogP contribution in [-0.2, 0) is 6.18 Å². The molecule has 0 bridgehead atoms. The zero-order valence-corrected chi connectivity index (χ0v) is 15.6. The third-order valence-electron chi connectivity index (χ3n) is 3.66. The first-order valence-electron chi connectivity index (χ1n) is 8.49. The Labute approximate surface area is 172 Å². The largest absolute Gasteiger partial charge is 0.457 e. The van der Waals surface area contributed by atoms with E-state index in [9.17, 15) is 35.5 Å². The lowest BCUT2D eigenvalue weighted by molar-refractivity contribution is -0.138. The molecule has 0 heterocycles. The topological polar surface area (TPSA) is 38.3 Å². The lowest BCUT2D eigenvalue weighted by atomic mass is 10.1. The second-order valence-corrected chi connectivity index (χ2v) is 5.90. The second-order valence-electron chi connectivity index (χ2n) is 5.90. The van der Waals surface area contributed by atoms with Crippen LogP contribution in [0.2, 0.25) is 0 Å². The molecule has 2 aromatic rings. The number of ether oxygens (including phenoxy) is 1. The average Bonchev–Trinajstić information content (AvgIpc) is 2.63. The third-order valence-corrected chi connectivity index (χ3v) is 3.66. The molecule has 2 aromatic carbocycles. The number of alkyl halides is 3. The number of benzene rings is 2. The van der Waals surface area contributed by atoms with Crippen molar-refractivity contribution < 1.29 is 40.3 Å². The van der Waals surface area contributed by atoms with Gasteiger partial charge in [-0.05, 0) is 24.3 Å². The smallest absolute Gasteiger partial charge is 0.419 e. The number of allylic oxidation sites excluding steroid dienone is 3. The molecule has 0 atom stereocenters. The molecule has 1 amide bonds. The first-order valence-corrected chi connectivity index (χ1v) is 8.49. The molecule has 0 spiro atoms. The summed E-state index contributed by atoms with van der Waals surface area (Å²) in [5, 5.41) is 2.13. The van der Waals surface area contributed by atoms with Gasteiger partial charge in [0.15, 0.2) is 0 Å². The van der Waals surface area contributed by atoms with Crippen molar-refractivity contribution in [2.75, 3.05) is 6.54 Å². The number of carbonyl (C=O) groups is 1. The van der Waals surface area contributed by atoms with Crippen LogP contribution in [0.3, 0.4) is 0 Å². The predicted octanol–water partition coefficient (Wildman–Crippen LogP) is 5.70. The van der Waals surface area contributed by atoms with E-state index in [1.54, 1.807) is 0 Å². The van der Waals surface area contributed by atoms with Crippen molar-refractivity contribution in [1.82, 2.24) is 5.32 Å². The molecule has 31 heavy (non-hydrogen) atoms. The molecule has 0 aliphatic carbocycles. The summed E-state index contributed by atoms with van der Waals surface area (Å²) in [6.45, 7) is 3.07. The Morgan fingerprint density at radius 3 is 2.26 bits per heavy atom. The Morgan fingerprint density at radius 2 is 1.68 bits per heavy atom. The standard InChI is InChI=1S/C21H14F7NO2/c1-2-4-14(31-18-11-12(22)6-7-15(18)21(26,27)28)5-3-8-29-20(30)19-16(24)9-13(23)10-17(19)25/h2-7,9-11H,1,8H2,(H,29,30)/b5-3-,14-4+. The summed E-state index contributed by atoms with van der Waals surface area (Å²) in [5.74, 6) is -7.14. The average molecular weight is 445 g/mol. The van der Waals surface area contributed by atoms with Gasteiger partial charge in [-0.3, -0.25) is 4.79 Å². The maximum atomic E-state index is 13.6. The highest BCUT2D eigenvalue weighted by molar-refractivity contribution is 5.94. The Bertz CT molecular complexity index is 1020. The van der Waals surface area contributed by atoms with Crippen molar-refractivity contribution in [3.05, 3.63) is 101 Å². The zero-order chi connectivity index (χ0) is 23.2. The lowest BCUT2D eigenvalue weighted by Crippen LogP contribution is -2.25. The molecule has 3 nitrogen and oxygen atoms in total. The molecule has 0 aliphatic rings. The minimum absolute atomic E-state index is 0.195. The molecule has 10 heteroatoms. The molecule has 0 radical (unpaired) electrons. The van der Waals surface area contributed by atoms with Crippen molar-refractivity contribution in [3.8, 4) is 5.75 Å². The van der Waals surface area contributed by atoms with Crippen LogP contribution >= 0.6 is 0 Å². The van der Waals surface area contributed by atoms with Gasteiger partial charge in [-0.1, -0.05) is 18.7 Å². The van der Waals surface area contributed by atoms with Gasteiger partial charge in [0.05, 0.1) is 5.56 Å². The molecule has 0 aromatic heterocycles. The van der Waals surface area contributed by atoms with Crippen molar-refractivity contribution >= 4 is 5.91 Å².